The summed E-state index contributed by atoms with van der Waals surface area (Å²) in [6, 6.07) is 28.9. The van der Waals surface area contributed by atoms with Gasteiger partial charge in [0, 0.05) is 15.6 Å². The first-order chi connectivity index (χ1) is 17.5. The van der Waals surface area contributed by atoms with Gasteiger partial charge in [0.25, 0.3) is 5.56 Å². The van der Waals surface area contributed by atoms with Gasteiger partial charge in [-0.1, -0.05) is 76.1 Å². The van der Waals surface area contributed by atoms with Crippen molar-refractivity contribution in [3.8, 4) is 17.1 Å². The molecule has 7 heteroatoms. The average molecular weight is 538 g/mol. The van der Waals surface area contributed by atoms with E-state index in [1.54, 1.807) is 48.5 Å². The summed E-state index contributed by atoms with van der Waals surface area (Å²) in [6.07, 6.45) is 1.49. The molecule has 0 aliphatic rings. The number of carbonyl (C=O) groups is 1. The van der Waals surface area contributed by atoms with Crippen LogP contribution in [0.25, 0.3) is 22.3 Å². The van der Waals surface area contributed by atoms with E-state index in [1.807, 2.05) is 55.5 Å². The summed E-state index contributed by atoms with van der Waals surface area (Å²) < 4.78 is 7.71. The molecule has 1 aromatic heterocycles. The number of ether oxygens (including phenoxy) is 1. The van der Waals surface area contributed by atoms with Crippen LogP contribution in [-0.4, -0.2) is 21.8 Å². The van der Waals surface area contributed by atoms with E-state index >= 15 is 0 Å². The van der Waals surface area contributed by atoms with Gasteiger partial charge in [0.15, 0.2) is 5.82 Å². The van der Waals surface area contributed by atoms with Gasteiger partial charge in [-0.05, 0) is 49.4 Å². The predicted octanol–water partition coefficient (Wildman–Crippen LogP) is 6.24. The highest BCUT2D eigenvalue weighted by molar-refractivity contribution is 9.10. The minimum absolute atomic E-state index is 0.302. The number of nitrogens with zero attached hydrogens (tertiary/aromatic N) is 3. The number of esters is 1. The second-order valence-electron chi connectivity index (χ2n) is 8.12. The van der Waals surface area contributed by atoms with Crippen molar-refractivity contribution in [3.05, 3.63) is 129 Å². The number of hydrogen-bond acceptors (Lipinski definition) is 5. The SMILES string of the molecule is Cc1ccc(C(=O)Oc2ccc(Br)cc2C=Nn2c(-c3ccccc3)nc3ccccc3c2=O)cc1. The van der Waals surface area contributed by atoms with Crippen LogP contribution in [0.5, 0.6) is 5.75 Å². The van der Waals surface area contributed by atoms with E-state index in [0.717, 1.165) is 15.6 Å². The van der Waals surface area contributed by atoms with Gasteiger partial charge in [-0.3, -0.25) is 4.79 Å². The first kappa shape index (κ1) is 23.4. The molecule has 6 nitrogen and oxygen atoms in total. The number of aromatic nitrogens is 2. The molecular formula is C29H20BrN3O3. The topological polar surface area (TPSA) is 73.5 Å². The number of carbonyl (C=O) groups excluding carboxylic acids is 1. The summed E-state index contributed by atoms with van der Waals surface area (Å²) in [5, 5.41) is 4.95. The molecule has 0 N–H and O–H groups in total. The molecule has 176 valence electrons. The number of benzene rings is 4. The van der Waals surface area contributed by atoms with Crippen LogP contribution in [-0.2, 0) is 0 Å². The molecule has 0 aliphatic heterocycles. The Hall–Kier alpha value is -4.36. The number of fused-ring (bicyclic) bond motifs is 1. The van der Waals surface area contributed by atoms with E-state index in [2.05, 4.69) is 21.0 Å². The fourth-order valence-electron chi connectivity index (χ4n) is 3.69. The lowest BCUT2D eigenvalue weighted by molar-refractivity contribution is 0.0734. The molecule has 0 saturated carbocycles. The number of aryl methyl sites for hydroxylation is 1. The quantitative estimate of drug-likeness (QED) is 0.151. The van der Waals surface area contributed by atoms with Crippen LogP contribution in [0.1, 0.15) is 21.5 Å². The van der Waals surface area contributed by atoms with Crippen LogP contribution in [0.2, 0.25) is 0 Å². The fourth-order valence-corrected chi connectivity index (χ4v) is 4.07. The molecule has 1 heterocycles. The van der Waals surface area contributed by atoms with E-state index in [0.29, 0.717) is 33.6 Å². The van der Waals surface area contributed by atoms with E-state index in [4.69, 9.17) is 9.72 Å². The summed E-state index contributed by atoms with van der Waals surface area (Å²) in [4.78, 5) is 30.8. The Bertz CT molecular complexity index is 1660. The standard InChI is InChI=1S/C29H20BrN3O3/c1-19-11-13-21(14-12-19)29(35)36-26-16-15-23(30)17-22(26)18-31-33-27(20-7-3-2-4-8-20)32-25-10-6-5-9-24(25)28(33)34/h2-18H,1H3. The maximum absolute atomic E-state index is 13.4. The van der Waals surface area contributed by atoms with Crippen LogP contribution in [0.4, 0.5) is 0 Å². The van der Waals surface area contributed by atoms with E-state index in [-0.39, 0.29) is 5.56 Å². The minimum Gasteiger partial charge on any atom is -0.422 e. The van der Waals surface area contributed by atoms with Crippen molar-refractivity contribution in [1.82, 2.24) is 9.66 Å². The summed E-state index contributed by atoms with van der Waals surface area (Å²) >= 11 is 3.46. The molecule has 0 amide bonds. The second kappa shape index (κ2) is 10.1. The van der Waals surface area contributed by atoms with E-state index in [1.165, 1.54) is 10.9 Å². The van der Waals surface area contributed by atoms with Gasteiger partial charge in [-0.2, -0.15) is 9.78 Å². The molecular weight excluding hydrogens is 518 g/mol. The van der Waals surface area contributed by atoms with Gasteiger partial charge >= 0.3 is 5.97 Å². The molecule has 0 saturated heterocycles. The monoisotopic (exact) mass is 537 g/mol. The smallest absolute Gasteiger partial charge is 0.343 e. The van der Waals surface area contributed by atoms with E-state index < -0.39 is 5.97 Å². The predicted molar refractivity (Wildman–Crippen MR) is 145 cm³/mol. The van der Waals surface area contributed by atoms with Gasteiger partial charge in [0.2, 0.25) is 0 Å². The zero-order valence-electron chi connectivity index (χ0n) is 19.3. The molecule has 0 radical (unpaired) electrons. The number of para-hydroxylation sites is 1. The first-order valence-corrected chi connectivity index (χ1v) is 12.0. The molecule has 0 spiro atoms. The summed E-state index contributed by atoms with van der Waals surface area (Å²) in [6.45, 7) is 1.95. The lowest BCUT2D eigenvalue weighted by Gasteiger charge is -2.11. The number of halogens is 1. The van der Waals surface area contributed by atoms with Gasteiger partial charge < -0.3 is 4.74 Å². The van der Waals surface area contributed by atoms with Gasteiger partial charge in [-0.25, -0.2) is 9.78 Å². The molecule has 5 aromatic rings. The fraction of sp³-hybridized carbons (Fsp3) is 0.0345. The highest BCUT2D eigenvalue weighted by Crippen LogP contribution is 2.24. The molecule has 36 heavy (non-hydrogen) atoms. The van der Waals surface area contributed by atoms with Crippen molar-refractivity contribution in [3.63, 3.8) is 0 Å². The Morgan fingerprint density at radius 3 is 2.44 bits per heavy atom. The summed E-state index contributed by atoms with van der Waals surface area (Å²) in [7, 11) is 0. The van der Waals surface area contributed by atoms with Gasteiger partial charge in [0.05, 0.1) is 22.7 Å². The zero-order valence-corrected chi connectivity index (χ0v) is 20.8. The lowest BCUT2D eigenvalue weighted by atomic mass is 10.1. The highest BCUT2D eigenvalue weighted by atomic mass is 79.9. The summed E-state index contributed by atoms with van der Waals surface area (Å²) in [5.74, 6) is 0.237. The lowest BCUT2D eigenvalue weighted by Crippen LogP contribution is -2.20. The second-order valence-corrected chi connectivity index (χ2v) is 9.03. The van der Waals surface area contributed by atoms with Crippen molar-refractivity contribution in [2.75, 3.05) is 0 Å². The third-order valence-electron chi connectivity index (χ3n) is 5.56. The van der Waals surface area contributed by atoms with Crippen molar-refractivity contribution >= 4 is 39.0 Å². The molecule has 5 rings (SSSR count). The number of rotatable bonds is 5. The normalized spacial score (nSPS) is 11.2. The van der Waals surface area contributed by atoms with Crippen molar-refractivity contribution < 1.29 is 9.53 Å². The molecule has 0 aliphatic carbocycles. The number of hydrogen-bond donors (Lipinski definition) is 0. The maximum Gasteiger partial charge on any atom is 0.343 e. The van der Waals surface area contributed by atoms with Crippen LogP contribution >= 0.6 is 15.9 Å². The zero-order chi connectivity index (χ0) is 25.1. The highest BCUT2D eigenvalue weighted by Gasteiger charge is 2.14. The van der Waals surface area contributed by atoms with Crippen LogP contribution in [0.15, 0.2) is 111 Å². The Morgan fingerprint density at radius 1 is 0.944 bits per heavy atom. The van der Waals surface area contributed by atoms with Crippen LogP contribution in [0.3, 0.4) is 0 Å². The largest absolute Gasteiger partial charge is 0.422 e. The third-order valence-corrected chi connectivity index (χ3v) is 6.05. The van der Waals surface area contributed by atoms with Gasteiger partial charge in [0.1, 0.15) is 5.75 Å². The van der Waals surface area contributed by atoms with Crippen LogP contribution < -0.4 is 10.3 Å². The minimum atomic E-state index is -0.485. The Morgan fingerprint density at radius 2 is 1.67 bits per heavy atom. The molecule has 0 unspecified atom stereocenters. The Labute approximate surface area is 215 Å². The van der Waals surface area contributed by atoms with Crippen molar-refractivity contribution in [1.29, 1.82) is 0 Å². The van der Waals surface area contributed by atoms with Crippen molar-refractivity contribution in [2.24, 2.45) is 5.10 Å². The molecule has 0 bridgehead atoms. The molecule has 0 atom stereocenters. The Balaban J connectivity index is 1.58. The van der Waals surface area contributed by atoms with Gasteiger partial charge in [-0.15, -0.1) is 0 Å². The third kappa shape index (κ3) is 4.87. The maximum atomic E-state index is 13.4. The van der Waals surface area contributed by atoms with Crippen LogP contribution in [0, 0.1) is 6.92 Å². The first-order valence-electron chi connectivity index (χ1n) is 11.2. The molecule has 0 fully saturated rings. The molecule has 4 aromatic carbocycles. The average Bonchev–Trinajstić information content (AvgIpc) is 2.90. The van der Waals surface area contributed by atoms with Crippen molar-refractivity contribution in [2.45, 2.75) is 6.92 Å². The Kier molecular flexibility index (Phi) is 6.56. The van der Waals surface area contributed by atoms with E-state index in [9.17, 15) is 9.59 Å². The summed E-state index contributed by atoms with van der Waals surface area (Å²) in [5.41, 5.74) is 3.04.